The molecule has 31 heavy (non-hydrogen) atoms. The van der Waals surface area contributed by atoms with E-state index in [2.05, 4.69) is 20.4 Å². The quantitative estimate of drug-likeness (QED) is 0.518. The van der Waals surface area contributed by atoms with Gasteiger partial charge in [-0.2, -0.15) is 9.50 Å². The van der Waals surface area contributed by atoms with Gasteiger partial charge in [0, 0.05) is 24.4 Å². The van der Waals surface area contributed by atoms with E-state index in [0.29, 0.717) is 18.7 Å². The predicted molar refractivity (Wildman–Crippen MR) is 113 cm³/mol. The van der Waals surface area contributed by atoms with E-state index in [-0.39, 0.29) is 18.3 Å². The zero-order valence-electron chi connectivity index (χ0n) is 18.0. The molecule has 0 saturated carbocycles. The number of amides is 1. The zero-order valence-corrected chi connectivity index (χ0v) is 18.0. The normalized spacial score (nSPS) is 11.9. The molecule has 10 heteroatoms. The second kappa shape index (κ2) is 9.41. The number of methoxy groups -OCH3 is 1. The maximum Gasteiger partial charge on any atom is 0.306 e. The van der Waals surface area contributed by atoms with Crippen LogP contribution in [-0.2, 0) is 27.3 Å². The van der Waals surface area contributed by atoms with Crippen LogP contribution in [0.25, 0.3) is 5.78 Å². The Hall–Kier alpha value is -3.69. The molecule has 0 aliphatic rings. The number of fused-ring (bicyclic) bond motifs is 1. The summed E-state index contributed by atoms with van der Waals surface area (Å²) in [6, 6.07) is 7.34. The third kappa shape index (κ3) is 5.27. The van der Waals surface area contributed by atoms with Crippen LogP contribution < -0.4 is 15.8 Å². The van der Waals surface area contributed by atoms with Gasteiger partial charge in [0.2, 0.25) is 5.95 Å². The molecular weight excluding hydrogens is 400 g/mol. The minimum absolute atomic E-state index is 0.106. The monoisotopic (exact) mass is 426 g/mol. The van der Waals surface area contributed by atoms with Gasteiger partial charge in [-0.1, -0.05) is 12.1 Å². The van der Waals surface area contributed by atoms with E-state index in [1.165, 1.54) is 0 Å². The van der Waals surface area contributed by atoms with Crippen molar-refractivity contribution in [3.63, 3.8) is 0 Å². The molecule has 2 aromatic heterocycles. The van der Waals surface area contributed by atoms with Crippen molar-refractivity contribution in [3.8, 4) is 5.75 Å². The lowest BCUT2D eigenvalue weighted by atomic mass is 10.1. The molecule has 1 amide bonds. The average Bonchev–Trinajstić information content (AvgIpc) is 3.12. The van der Waals surface area contributed by atoms with Crippen molar-refractivity contribution >= 4 is 23.6 Å². The number of carbonyl (C=O) groups excluding carboxylic acids is 2. The summed E-state index contributed by atoms with van der Waals surface area (Å²) in [6.07, 6.45) is -0.391. The molecule has 3 aromatic rings. The van der Waals surface area contributed by atoms with Crippen molar-refractivity contribution in [2.75, 3.05) is 12.8 Å². The van der Waals surface area contributed by atoms with Crippen LogP contribution in [0.5, 0.6) is 5.75 Å². The molecule has 10 nitrogen and oxygen atoms in total. The lowest BCUT2D eigenvalue weighted by molar-refractivity contribution is -0.154. The number of esters is 1. The highest BCUT2D eigenvalue weighted by molar-refractivity contribution is 5.83. The molecule has 1 atom stereocenters. The molecule has 0 radical (unpaired) electrons. The van der Waals surface area contributed by atoms with Crippen LogP contribution in [0, 0.1) is 13.8 Å². The Labute approximate surface area is 179 Å². The molecule has 3 N–H and O–H groups in total. The Morgan fingerprint density at radius 2 is 1.90 bits per heavy atom. The summed E-state index contributed by atoms with van der Waals surface area (Å²) in [5.41, 5.74) is 8.97. The number of nitrogens with one attached hydrogen (secondary N) is 1. The Morgan fingerprint density at radius 3 is 2.58 bits per heavy atom. The number of hydrogen-bond donors (Lipinski definition) is 2. The maximum absolute atomic E-state index is 12.3. The van der Waals surface area contributed by atoms with Gasteiger partial charge in [0.15, 0.2) is 6.10 Å². The van der Waals surface area contributed by atoms with Gasteiger partial charge in [-0.15, -0.1) is 5.10 Å². The number of nitrogens with zero attached hydrogens (tertiary/aromatic N) is 4. The summed E-state index contributed by atoms with van der Waals surface area (Å²) < 4.78 is 11.9. The second-order valence-corrected chi connectivity index (χ2v) is 7.14. The Morgan fingerprint density at radius 1 is 1.19 bits per heavy atom. The van der Waals surface area contributed by atoms with Gasteiger partial charge >= 0.3 is 5.97 Å². The topological polar surface area (TPSA) is 134 Å². The van der Waals surface area contributed by atoms with Gasteiger partial charge in [-0.3, -0.25) is 9.59 Å². The lowest BCUT2D eigenvalue weighted by Crippen LogP contribution is -2.35. The molecule has 1 unspecified atom stereocenters. The number of benzene rings is 1. The first kappa shape index (κ1) is 22.0. The minimum atomic E-state index is -0.899. The van der Waals surface area contributed by atoms with Crippen LogP contribution in [0.4, 0.5) is 5.95 Å². The Kier molecular flexibility index (Phi) is 6.68. The van der Waals surface area contributed by atoms with Gasteiger partial charge in [-0.25, -0.2) is 4.98 Å². The van der Waals surface area contributed by atoms with Crippen molar-refractivity contribution in [2.24, 2.45) is 0 Å². The van der Waals surface area contributed by atoms with Crippen LogP contribution in [0.15, 0.2) is 24.3 Å². The van der Waals surface area contributed by atoms with Crippen LogP contribution in [0.1, 0.15) is 35.9 Å². The van der Waals surface area contributed by atoms with E-state index in [9.17, 15) is 9.59 Å². The van der Waals surface area contributed by atoms with Crippen molar-refractivity contribution in [2.45, 2.75) is 46.3 Å². The Balaban J connectivity index is 1.51. The molecule has 0 aliphatic heterocycles. The van der Waals surface area contributed by atoms with Crippen molar-refractivity contribution in [1.82, 2.24) is 24.9 Å². The predicted octanol–water partition coefficient (Wildman–Crippen LogP) is 1.51. The molecule has 164 valence electrons. The fraction of sp³-hybridized carbons (Fsp3) is 0.381. The average molecular weight is 426 g/mol. The van der Waals surface area contributed by atoms with E-state index in [0.717, 1.165) is 28.3 Å². The lowest BCUT2D eigenvalue weighted by Gasteiger charge is -2.14. The van der Waals surface area contributed by atoms with E-state index in [1.54, 1.807) is 18.5 Å². The number of aromatic nitrogens is 4. The highest BCUT2D eigenvalue weighted by atomic mass is 16.5. The zero-order chi connectivity index (χ0) is 22.5. The van der Waals surface area contributed by atoms with Gasteiger partial charge in [-0.05, 0) is 50.5 Å². The van der Waals surface area contributed by atoms with Crippen LogP contribution in [-0.4, -0.2) is 44.7 Å². The third-order valence-electron chi connectivity index (χ3n) is 4.95. The minimum Gasteiger partial charge on any atom is -0.497 e. The van der Waals surface area contributed by atoms with E-state index in [1.807, 2.05) is 38.1 Å². The first-order chi connectivity index (χ1) is 14.8. The van der Waals surface area contributed by atoms with Crippen molar-refractivity contribution < 1.29 is 19.1 Å². The van der Waals surface area contributed by atoms with E-state index < -0.39 is 12.1 Å². The second-order valence-electron chi connectivity index (χ2n) is 7.14. The summed E-state index contributed by atoms with van der Waals surface area (Å²) in [5.74, 6) is 0.466. The summed E-state index contributed by atoms with van der Waals surface area (Å²) in [5, 5.41) is 6.87. The van der Waals surface area contributed by atoms with Gasteiger partial charge in [0.05, 0.1) is 7.11 Å². The first-order valence-electron chi connectivity index (χ1n) is 9.87. The fourth-order valence-electron chi connectivity index (χ4n) is 3.20. The van der Waals surface area contributed by atoms with Gasteiger partial charge in [0.1, 0.15) is 5.75 Å². The third-order valence-corrected chi connectivity index (χ3v) is 4.95. The Bertz CT molecular complexity index is 1090. The largest absolute Gasteiger partial charge is 0.497 e. The van der Waals surface area contributed by atoms with Crippen molar-refractivity contribution in [3.05, 3.63) is 46.8 Å². The summed E-state index contributed by atoms with van der Waals surface area (Å²) in [4.78, 5) is 33.0. The molecule has 0 fully saturated rings. The molecule has 1 aromatic carbocycles. The van der Waals surface area contributed by atoms with Crippen LogP contribution in [0.2, 0.25) is 0 Å². The highest BCUT2D eigenvalue weighted by Crippen LogP contribution is 2.16. The number of ether oxygens (including phenoxy) is 2. The smallest absolute Gasteiger partial charge is 0.306 e. The SMILES string of the molecule is COc1ccc(CNC(=O)C(C)OC(=O)CCc2c(C)nc3nc(N)nn3c2C)cc1. The highest BCUT2D eigenvalue weighted by Gasteiger charge is 2.19. The number of carbonyl (C=O) groups is 2. The van der Waals surface area contributed by atoms with Crippen LogP contribution in [0.3, 0.4) is 0 Å². The molecule has 3 rings (SSSR count). The van der Waals surface area contributed by atoms with E-state index in [4.69, 9.17) is 15.2 Å². The van der Waals surface area contributed by atoms with Crippen LogP contribution >= 0.6 is 0 Å². The molecule has 0 saturated heterocycles. The van der Waals surface area contributed by atoms with Gasteiger partial charge in [0.25, 0.3) is 11.7 Å². The summed E-state index contributed by atoms with van der Waals surface area (Å²) >= 11 is 0. The number of nitrogens with two attached hydrogens (primary N) is 1. The summed E-state index contributed by atoms with van der Waals surface area (Å²) in [7, 11) is 1.59. The molecule has 0 aliphatic carbocycles. The number of rotatable bonds is 8. The summed E-state index contributed by atoms with van der Waals surface area (Å²) in [6.45, 7) is 5.58. The molecule has 0 bridgehead atoms. The fourth-order valence-corrected chi connectivity index (χ4v) is 3.20. The first-order valence-corrected chi connectivity index (χ1v) is 9.87. The van der Waals surface area contributed by atoms with Gasteiger partial charge < -0.3 is 20.5 Å². The molecular formula is C21H26N6O4. The van der Waals surface area contributed by atoms with E-state index >= 15 is 0 Å². The number of hydrogen-bond acceptors (Lipinski definition) is 8. The number of anilines is 1. The molecule has 2 heterocycles. The number of nitrogen functional groups attached to an aromatic ring is 1. The standard InChI is InChI=1S/C21H26N6O4/c1-12-17(13(2)27-21(24-12)25-20(22)26-27)9-10-18(28)31-14(3)19(29)23-11-15-5-7-16(30-4)8-6-15/h5-8,14H,9-11H2,1-4H3,(H2,22,26)(H,23,29). The number of aryl methyl sites for hydroxylation is 2. The maximum atomic E-state index is 12.3. The molecule has 0 spiro atoms. The van der Waals surface area contributed by atoms with Crippen molar-refractivity contribution in [1.29, 1.82) is 0 Å².